The number of amides is 1. The molecule has 36 heavy (non-hydrogen) atoms. The number of rotatable bonds is 10. The molecule has 0 aliphatic rings. The van der Waals surface area contributed by atoms with Gasteiger partial charge < -0.3 is 10.1 Å². The summed E-state index contributed by atoms with van der Waals surface area (Å²) in [7, 11) is -5.70. The number of hydrogen-bond donors (Lipinski definition) is 2. The summed E-state index contributed by atoms with van der Waals surface area (Å²) in [6.07, 6.45) is 1.13. The Morgan fingerprint density at radius 1 is 0.889 bits per heavy atom. The molecule has 0 unspecified atom stereocenters. The Hall–Kier alpha value is -2.83. The molecule has 0 aromatic heterocycles. The van der Waals surface area contributed by atoms with E-state index in [1.807, 2.05) is 0 Å². The van der Waals surface area contributed by atoms with Gasteiger partial charge in [-0.3, -0.25) is 9.52 Å². The molecule has 3 rings (SSSR count). The van der Waals surface area contributed by atoms with Crippen molar-refractivity contribution in [1.29, 1.82) is 0 Å². The largest absolute Gasteiger partial charge is 0.484 e. The van der Waals surface area contributed by atoms with Crippen molar-refractivity contribution in [3.8, 4) is 5.75 Å². The standard InChI is InChI=1S/C23H23Cl2N3O6S2/c1-28(35(2,30)31)14-16-3-7-21(8-4-16)34-15-23(29)26-19-5-9-22(10-6-19)36(32,33)27-20-12-17(24)11-18(25)13-20/h3-13,27H,14-15H2,1-2H3,(H,26,29). The van der Waals surface area contributed by atoms with Crippen LogP contribution >= 0.6 is 23.2 Å². The fraction of sp³-hybridized carbons (Fsp3) is 0.174. The fourth-order valence-electron chi connectivity index (χ4n) is 2.96. The summed E-state index contributed by atoms with van der Waals surface area (Å²) in [4.78, 5) is 12.2. The van der Waals surface area contributed by atoms with Gasteiger partial charge in [-0.1, -0.05) is 35.3 Å². The first-order valence-electron chi connectivity index (χ1n) is 10.3. The van der Waals surface area contributed by atoms with Crippen LogP contribution in [0.15, 0.2) is 71.6 Å². The van der Waals surface area contributed by atoms with E-state index in [0.29, 0.717) is 11.4 Å². The second kappa shape index (κ2) is 11.5. The fourth-order valence-corrected chi connectivity index (χ4v) is 4.91. The van der Waals surface area contributed by atoms with E-state index in [9.17, 15) is 21.6 Å². The number of halogens is 2. The highest BCUT2D eigenvalue weighted by Gasteiger charge is 2.15. The first-order valence-corrected chi connectivity index (χ1v) is 14.4. The van der Waals surface area contributed by atoms with E-state index < -0.39 is 26.0 Å². The zero-order chi connectivity index (χ0) is 26.5. The maximum atomic E-state index is 12.6. The van der Waals surface area contributed by atoms with E-state index in [1.165, 1.54) is 53.8 Å². The molecule has 0 radical (unpaired) electrons. The van der Waals surface area contributed by atoms with E-state index in [2.05, 4.69) is 10.0 Å². The van der Waals surface area contributed by atoms with Gasteiger partial charge in [0.05, 0.1) is 16.8 Å². The van der Waals surface area contributed by atoms with Crippen molar-refractivity contribution < 1.29 is 26.4 Å². The van der Waals surface area contributed by atoms with Crippen LogP contribution in [0.5, 0.6) is 5.75 Å². The molecule has 0 aliphatic heterocycles. The average molecular weight is 572 g/mol. The molecule has 0 saturated heterocycles. The molecule has 3 aromatic rings. The smallest absolute Gasteiger partial charge is 0.262 e. The number of hydrogen-bond acceptors (Lipinski definition) is 6. The molecule has 1 amide bonds. The van der Waals surface area contributed by atoms with Crippen LogP contribution in [0.25, 0.3) is 0 Å². The predicted molar refractivity (Wildman–Crippen MR) is 141 cm³/mol. The van der Waals surface area contributed by atoms with Crippen LogP contribution in [-0.2, 0) is 31.4 Å². The van der Waals surface area contributed by atoms with Crippen LogP contribution < -0.4 is 14.8 Å². The Labute approximate surface area is 220 Å². The highest BCUT2D eigenvalue weighted by atomic mass is 35.5. The summed E-state index contributed by atoms with van der Waals surface area (Å²) in [6, 6.07) is 16.6. The average Bonchev–Trinajstić information content (AvgIpc) is 2.77. The van der Waals surface area contributed by atoms with Gasteiger partial charge in [-0.15, -0.1) is 0 Å². The van der Waals surface area contributed by atoms with Gasteiger partial charge in [-0.05, 0) is 60.2 Å². The van der Waals surface area contributed by atoms with Crippen molar-refractivity contribution in [2.24, 2.45) is 0 Å². The molecular weight excluding hydrogens is 549 g/mol. The van der Waals surface area contributed by atoms with Gasteiger partial charge in [-0.25, -0.2) is 21.1 Å². The number of ether oxygens (including phenoxy) is 1. The molecule has 0 spiro atoms. The van der Waals surface area contributed by atoms with Crippen LogP contribution in [-0.4, -0.2) is 47.0 Å². The second-order valence-electron chi connectivity index (χ2n) is 7.79. The minimum absolute atomic E-state index is 0.0190. The third-order valence-corrected chi connectivity index (χ3v) is 7.92. The van der Waals surface area contributed by atoms with Gasteiger partial charge >= 0.3 is 0 Å². The van der Waals surface area contributed by atoms with E-state index in [0.717, 1.165) is 11.8 Å². The quantitative estimate of drug-likeness (QED) is 0.376. The van der Waals surface area contributed by atoms with Gasteiger partial charge in [0.25, 0.3) is 15.9 Å². The number of anilines is 2. The summed E-state index contributed by atoms with van der Waals surface area (Å²) in [5.41, 5.74) is 1.37. The lowest BCUT2D eigenvalue weighted by atomic mass is 10.2. The minimum atomic E-state index is -3.90. The van der Waals surface area contributed by atoms with Gasteiger partial charge in [0, 0.05) is 29.3 Å². The lowest BCUT2D eigenvalue weighted by Gasteiger charge is -2.14. The molecule has 2 N–H and O–H groups in total. The van der Waals surface area contributed by atoms with Crippen molar-refractivity contribution in [2.45, 2.75) is 11.4 Å². The van der Waals surface area contributed by atoms with Crippen molar-refractivity contribution in [2.75, 3.05) is 29.9 Å². The van der Waals surface area contributed by atoms with Crippen LogP contribution in [0.3, 0.4) is 0 Å². The highest BCUT2D eigenvalue weighted by Crippen LogP contribution is 2.25. The molecule has 3 aromatic carbocycles. The lowest BCUT2D eigenvalue weighted by molar-refractivity contribution is -0.118. The van der Waals surface area contributed by atoms with Crippen LogP contribution in [0.1, 0.15) is 5.56 Å². The Balaban J connectivity index is 1.53. The van der Waals surface area contributed by atoms with Crippen molar-refractivity contribution >= 4 is 60.5 Å². The lowest BCUT2D eigenvalue weighted by Crippen LogP contribution is -2.24. The molecule has 9 nitrogen and oxygen atoms in total. The van der Waals surface area contributed by atoms with E-state index in [-0.39, 0.29) is 33.8 Å². The number of benzene rings is 3. The van der Waals surface area contributed by atoms with Gasteiger partial charge in [0.2, 0.25) is 10.0 Å². The number of nitrogens with one attached hydrogen (secondary N) is 2. The third-order valence-electron chi connectivity index (χ3n) is 4.83. The number of nitrogens with zero attached hydrogens (tertiary/aromatic N) is 1. The van der Waals surface area contributed by atoms with Gasteiger partial charge in [0.1, 0.15) is 5.75 Å². The van der Waals surface area contributed by atoms with E-state index in [1.54, 1.807) is 24.3 Å². The predicted octanol–water partition coefficient (Wildman–Crippen LogP) is 4.20. The monoisotopic (exact) mass is 571 g/mol. The molecular formula is C23H23Cl2N3O6S2. The SMILES string of the molecule is CN(Cc1ccc(OCC(=O)Nc2ccc(S(=O)(=O)Nc3cc(Cl)cc(Cl)c3)cc2)cc1)S(C)(=O)=O. The second-order valence-corrected chi connectivity index (χ2v) is 12.4. The Bertz CT molecular complexity index is 1430. The number of sulfonamides is 2. The summed E-state index contributed by atoms with van der Waals surface area (Å²) < 4.78 is 57.3. The number of carbonyl (C=O) groups is 1. The maximum absolute atomic E-state index is 12.6. The van der Waals surface area contributed by atoms with Crippen molar-refractivity contribution in [1.82, 2.24) is 4.31 Å². The maximum Gasteiger partial charge on any atom is 0.262 e. The zero-order valence-electron chi connectivity index (χ0n) is 19.2. The van der Waals surface area contributed by atoms with Crippen LogP contribution in [0.2, 0.25) is 10.0 Å². The van der Waals surface area contributed by atoms with Crippen LogP contribution in [0.4, 0.5) is 11.4 Å². The Morgan fingerprint density at radius 3 is 2.03 bits per heavy atom. The summed E-state index contributed by atoms with van der Waals surface area (Å²) in [5.74, 6) is -0.0114. The topological polar surface area (TPSA) is 122 Å². The Kier molecular flexibility index (Phi) is 8.85. The van der Waals surface area contributed by atoms with Crippen molar-refractivity contribution in [3.05, 3.63) is 82.3 Å². The molecule has 192 valence electrons. The van der Waals surface area contributed by atoms with Crippen molar-refractivity contribution in [3.63, 3.8) is 0 Å². The first kappa shape index (κ1) is 27.8. The molecule has 0 saturated carbocycles. The van der Waals surface area contributed by atoms with Gasteiger partial charge in [0.15, 0.2) is 6.61 Å². The zero-order valence-corrected chi connectivity index (χ0v) is 22.4. The summed E-state index contributed by atoms with van der Waals surface area (Å²) in [6.45, 7) is -0.0621. The summed E-state index contributed by atoms with van der Waals surface area (Å²) in [5, 5.41) is 3.20. The highest BCUT2D eigenvalue weighted by molar-refractivity contribution is 7.92. The molecule has 0 bridgehead atoms. The molecule has 13 heteroatoms. The summed E-state index contributed by atoms with van der Waals surface area (Å²) >= 11 is 11.8. The van der Waals surface area contributed by atoms with Gasteiger partial charge in [-0.2, -0.15) is 0 Å². The molecule has 0 heterocycles. The van der Waals surface area contributed by atoms with E-state index in [4.69, 9.17) is 27.9 Å². The molecule has 0 atom stereocenters. The third kappa shape index (κ3) is 8.10. The first-order chi connectivity index (χ1) is 16.8. The minimum Gasteiger partial charge on any atom is -0.484 e. The molecule has 0 fully saturated rings. The van der Waals surface area contributed by atoms with E-state index >= 15 is 0 Å². The van der Waals surface area contributed by atoms with Crippen LogP contribution in [0, 0.1) is 0 Å². The normalized spacial score (nSPS) is 11.8. The number of carbonyl (C=O) groups excluding carboxylic acids is 1. The molecule has 0 aliphatic carbocycles. The Morgan fingerprint density at radius 2 is 1.47 bits per heavy atom.